The highest BCUT2D eigenvalue weighted by atomic mass is 35.5. The molecule has 0 spiro atoms. The van der Waals surface area contributed by atoms with E-state index in [0.717, 1.165) is 36.0 Å². The van der Waals surface area contributed by atoms with Gasteiger partial charge in [-0.05, 0) is 18.6 Å². The number of benzene rings is 1. The summed E-state index contributed by atoms with van der Waals surface area (Å²) in [5.74, 6) is 2.96. The van der Waals surface area contributed by atoms with Gasteiger partial charge in [-0.2, -0.15) is 0 Å². The molecule has 1 aromatic carbocycles. The standard InChI is InChI=1S/C15H19ClN4O/c1-4-5-13-19-14(17-2)9-15(20-13)18-10-6-7-11(16)12(8-10)21-3/h6-9H,4-5H2,1-3H3,(H2,17,18,19,20). The molecule has 6 heteroatoms. The Kier molecular flexibility index (Phi) is 5.22. The molecule has 0 saturated heterocycles. The summed E-state index contributed by atoms with van der Waals surface area (Å²) in [6, 6.07) is 7.37. The predicted octanol–water partition coefficient (Wildman–Crippen LogP) is 3.88. The molecule has 5 nitrogen and oxygen atoms in total. The molecular formula is C15H19ClN4O. The molecule has 0 aliphatic carbocycles. The third-order valence-electron chi connectivity index (χ3n) is 2.93. The zero-order chi connectivity index (χ0) is 15.2. The molecule has 0 amide bonds. The number of rotatable bonds is 6. The van der Waals surface area contributed by atoms with Gasteiger partial charge in [0.05, 0.1) is 12.1 Å². The van der Waals surface area contributed by atoms with Crippen molar-refractivity contribution in [3.05, 3.63) is 35.1 Å². The van der Waals surface area contributed by atoms with Crippen LogP contribution in [0.2, 0.25) is 5.02 Å². The minimum absolute atomic E-state index is 0.577. The molecule has 0 aliphatic heterocycles. The molecule has 0 atom stereocenters. The van der Waals surface area contributed by atoms with E-state index in [4.69, 9.17) is 16.3 Å². The van der Waals surface area contributed by atoms with Crippen LogP contribution in [-0.4, -0.2) is 24.1 Å². The first kappa shape index (κ1) is 15.4. The van der Waals surface area contributed by atoms with Crippen molar-refractivity contribution in [2.75, 3.05) is 24.8 Å². The summed E-state index contributed by atoms with van der Waals surface area (Å²) in [4.78, 5) is 8.93. The van der Waals surface area contributed by atoms with Gasteiger partial charge in [0.25, 0.3) is 0 Å². The number of nitrogens with zero attached hydrogens (tertiary/aromatic N) is 2. The Morgan fingerprint density at radius 1 is 1.19 bits per heavy atom. The summed E-state index contributed by atoms with van der Waals surface area (Å²) in [5, 5.41) is 6.87. The summed E-state index contributed by atoms with van der Waals surface area (Å²) < 4.78 is 5.21. The van der Waals surface area contributed by atoms with Crippen LogP contribution in [0, 0.1) is 0 Å². The van der Waals surface area contributed by atoms with E-state index in [1.165, 1.54) is 0 Å². The normalized spacial score (nSPS) is 10.3. The van der Waals surface area contributed by atoms with Gasteiger partial charge < -0.3 is 15.4 Å². The quantitative estimate of drug-likeness (QED) is 0.848. The van der Waals surface area contributed by atoms with E-state index in [1.807, 2.05) is 25.2 Å². The van der Waals surface area contributed by atoms with Crippen LogP contribution in [0.15, 0.2) is 24.3 Å². The number of anilines is 3. The van der Waals surface area contributed by atoms with Gasteiger partial charge in [0.15, 0.2) is 0 Å². The molecule has 0 bridgehead atoms. The van der Waals surface area contributed by atoms with Crippen LogP contribution in [0.3, 0.4) is 0 Å². The highest BCUT2D eigenvalue weighted by Gasteiger charge is 2.06. The number of methoxy groups -OCH3 is 1. The zero-order valence-corrected chi connectivity index (χ0v) is 13.2. The van der Waals surface area contributed by atoms with Crippen molar-refractivity contribution in [1.82, 2.24) is 9.97 Å². The SMILES string of the molecule is CCCc1nc(NC)cc(Nc2ccc(Cl)c(OC)c2)n1. The summed E-state index contributed by atoms with van der Waals surface area (Å²) in [6.45, 7) is 2.10. The summed E-state index contributed by atoms with van der Waals surface area (Å²) in [6.07, 6.45) is 1.84. The van der Waals surface area contributed by atoms with Gasteiger partial charge in [-0.1, -0.05) is 18.5 Å². The lowest BCUT2D eigenvalue weighted by Gasteiger charge is -2.11. The van der Waals surface area contributed by atoms with Crippen LogP contribution in [-0.2, 0) is 6.42 Å². The van der Waals surface area contributed by atoms with Crippen molar-refractivity contribution in [3.63, 3.8) is 0 Å². The molecular weight excluding hydrogens is 288 g/mol. The van der Waals surface area contributed by atoms with Gasteiger partial charge in [0, 0.05) is 31.3 Å². The average Bonchev–Trinajstić information content (AvgIpc) is 2.49. The lowest BCUT2D eigenvalue weighted by molar-refractivity contribution is 0.415. The van der Waals surface area contributed by atoms with Crippen molar-refractivity contribution < 1.29 is 4.74 Å². The summed E-state index contributed by atoms with van der Waals surface area (Å²) in [5.41, 5.74) is 0.861. The first-order chi connectivity index (χ1) is 10.2. The van der Waals surface area contributed by atoms with Gasteiger partial charge in [0.2, 0.25) is 0 Å². The van der Waals surface area contributed by atoms with Crippen molar-refractivity contribution in [3.8, 4) is 5.75 Å². The highest BCUT2D eigenvalue weighted by Crippen LogP contribution is 2.29. The Hall–Kier alpha value is -2.01. The van der Waals surface area contributed by atoms with Gasteiger partial charge in [-0.3, -0.25) is 0 Å². The number of hydrogen-bond donors (Lipinski definition) is 2. The molecule has 1 aromatic heterocycles. The average molecular weight is 307 g/mol. The topological polar surface area (TPSA) is 59.1 Å². The lowest BCUT2D eigenvalue weighted by Crippen LogP contribution is -2.04. The van der Waals surface area contributed by atoms with Crippen molar-refractivity contribution in [1.29, 1.82) is 0 Å². The predicted molar refractivity (Wildman–Crippen MR) is 86.9 cm³/mol. The molecule has 2 rings (SSSR count). The van der Waals surface area contributed by atoms with Crippen LogP contribution in [0.4, 0.5) is 17.3 Å². The largest absolute Gasteiger partial charge is 0.495 e. The zero-order valence-electron chi connectivity index (χ0n) is 12.4. The second kappa shape index (κ2) is 7.13. The summed E-state index contributed by atoms with van der Waals surface area (Å²) >= 11 is 6.03. The molecule has 0 fully saturated rings. The highest BCUT2D eigenvalue weighted by molar-refractivity contribution is 6.32. The molecule has 2 N–H and O–H groups in total. The van der Waals surface area contributed by atoms with E-state index in [-0.39, 0.29) is 0 Å². The number of hydrogen-bond acceptors (Lipinski definition) is 5. The third kappa shape index (κ3) is 3.98. The van der Waals surface area contributed by atoms with Gasteiger partial charge in [0.1, 0.15) is 23.2 Å². The van der Waals surface area contributed by atoms with E-state index in [9.17, 15) is 0 Å². The van der Waals surface area contributed by atoms with Crippen molar-refractivity contribution in [2.24, 2.45) is 0 Å². The minimum atomic E-state index is 0.577. The van der Waals surface area contributed by atoms with Gasteiger partial charge >= 0.3 is 0 Å². The smallest absolute Gasteiger partial charge is 0.139 e. The van der Waals surface area contributed by atoms with E-state index in [1.54, 1.807) is 13.2 Å². The van der Waals surface area contributed by atoms with E-state index < -0.39 is 0 Å². The maximum absolute atomic E-state index is 6.03. The minimum Gasteiger partial charge on any atom is -0.495 e. The molecule has 21 heavy (non-hydrogen) atoms. The van der Waals surface area contributed by atoms with Crippen LogP contribution in [0.5, 0.6) is 5.75 Å². The first-order valence-corrected chi connectivity index (χ1v) is 7.20. The number of aryl methyl sites for hydroxylation is 1. The van der Waals surface area contributed by atoms with Gasteiger partial charge in [-0.15, -0.1) is 0 Å². The van der Waals surface area contributed by atoms with Crippen LogP contribution >= 0.6 is 11.6 Å². The molecule has 2 aromatic rings. The summed E-state index contributed by atoms with van der Waals surface area (Å²) in [7, 11) is 3.43. The lowest BCUT2D eigenvalue weighted by atomic mass is 10.3. The molecule has 0 unspecified atom stereocenters. The van der Waals surface area contributed by atoms with Crippen molar-refractivity contribution >= 4 is 28.9 Å². The Labute approximate surface area is 129 Å². The molecule has 0 aliphatic rings. The first-order valence-electron chi connectivity index (χ1n) is 6.82. The maximum atomic E-state index is 6.03. The maximum Gasteiger partial charge on any atom is 0.139 e. The van der Waals surface area contributed by atoms with E-state index >= 15 is 0 Å². The Bertz CT molecular complexity index is 619. The molecule has 0 saturated carbocycles. The van der Waals surface area contributed by atoms with Crippen molar-refractivity contribution in [2.45, 2.75) is 19.8 Å². The van der Waals surface area contributed by atoms with E-state index in [2.05, 4.69) is 27.5 Å². The number of aromatic nitrogens is 2. The Morgan fingerprint density at radius 3 is 2.62 bits per heavy atom. The Balaban J connectivity index is 2.27. The monoisotopic (exact) mass is 306 g/mol. The third-order valence-corrected chi connectivity index (χ3v) is 3.24. The van der Waals surface area contributed by atoms with E-state index in [0.29, 0.717) is 10.8 Å². The number of nitrogens with one attached hydrogen (secondary N) is 2. The number of halogens is 1. The fourth-order valence-electron chi connectivity index (χ4n) is 1.91. The second-order valence-electron chi connectivity index (χ2n) is 4.53. The molecule has 0 radical (unpaired) electrons. The molecule has 112 valence electrons. The number of ether oxygens (including phenoxy) is 1. The molecule has 1 heterocycles. The Morgan fingerprint density at radius 2 is 1.95 bits per heavy atom. The fourth-order valence-corrected chi connectivity index (χ4v) is 2.10. The van der Waals surface area contributed by atoms with Gasteiger partial charge in [-0.25, -0.2) is 9.97 Å². The van der Waals surface area contributed by atoms with Crippen LogP contribution < -0.4 is 15.4 Å². The van der Waals surface area contributed by atoms with Crippen LogP contribution in [0.1, 0.15) is 19.2 Å². The second-order valence-corrected chi connectivity index (χ2v) is 4.94. The van der Waals surface area contributed by atoms with Crippen LogP contribution in [0.25, 0.3) is 0 Å². The fraction of sp³-hybridized carbons (Fsp3) is 0.333.